The maximum Gasteiger partial charge on any atom is 0.119 e. The number of hydrogen-bond donors (Lipinski definition) is 1. The zero-order valence-corrected chi connectivity index (χ0v) is 15.3. The van der Waals surface area contributed by atoms with Crippen molar-refractivity contribution in [1.29, 1.82) is 0 Å². The number of aliphatic hydroxyl groups is 1. The second-order valence-electron chi connectivity index (χ2n) is 8.10. The van der Waals surface area contributed by atoms with Gasteiger partial charge in [0.1, 0.15) is 5.75 Å². The van der Waals surface area contributed by atoms with Gasteiger partial charge in [-0.2, -0.15) is 0 Å². The van der Waals surface area contributed by atoms with Crippen LogP contribution in [0.15, 0.2) is 24.3 Å². The highest BCUT2D eigenvalue weighted by Gasteiger charge is 2.50. The van der Waals surface area contributed by atoms with Crippen molar-refractivity contribution in [2.24, 2.45) is 0 Å². The second-order valence-corrected chi connectivity index (χ2v) is 8.10. The quantitative estimate of drug-likeness (QED) is 0.887. The molecule has 3 atom stereocenters. The molecule has 0 aromatic heterocycles. The standard InChI is InChI=1S/C21H31NO3/c1-24-21-11-10-17(23)14-20(21)22(13-12-21)15-16-6-8-19(9-7-16)25-18-4-2-3-5-18/h6-9,17-18,20,23H,2-5,10-15H2,1H3/t17-,20+,21-/m1/s1. The summed E-state index contributed by atoms with van der Waals surface area (Å²) in [5.41, 5.74) is 1.26. The molecule has 1 aromatic rings. The third kappa shape index (κ3) is 3.57. The van der Waals surface area contributed by atoms with Crippen LogP contribution in [0.3, 0.4) is 0 Å². The van der Waals surface area contributed by atoms with Crippen molar-refractivity contribution in [3.05, 3.63) is 29.8 Å². The minimum atomic E-state index is -0.184. The Morgan fingerprint density at radius 3 is 2.60 bits per heavy atom. The summed E-state index contributed by atoms with van der Waals surface area (Å²) in [4.78, 5) is 2.50. The van der Waals surface area contributed by atoms with Crippen LogP contribution in [0.25, 0.3) is 0 Å². The fourth-order valence-corrected chi connectivity index (χ4v) is 5.07. The molecular formula is C21H31NO3. The molecule has 138 valence electrons. The van der Waals surface area contributed by atoms with Crippen LogP contribution < -0.4 is 4.74 Å². The number of fused-ring (bicyclic) bond motifs is 1. The topological polar surface area (TPSA) is 41.9 Å². The highest BCUT2D eigenvalue weighted by atomic mass is 16.5. The highest BCUT2D eigenvalue weighted by molar-refractivity contribution is 5.28. The molecule has 3 fully saturated rings. The zero-order chi connectivity index (χ0) is 17.3. The van der Waals surface area contributed by atoms with Crippen LogP contribution in [0.4, 0.5) is 0 Å². The number of rotatable bonds is 5. The molecular weight excluding hydrogens is 314 g/mol. The number of aliphatic hydroxyl groups excluding tert-OH is 1. The van der Waals surface area contributed by atoms with Gasteiger partial charge in [0.05, 0.1) is 17.8 Å². The monoisotopic (exact) mass is 345 g/mol. The Hall–Kier alpha value is -1.10. The van der Waals surface area contributed by atoms with Crippen molar-refractivity contribution in [2.45, 2.75) is 81.8 Å². The summed E-state index contributed by atoms with van der Waals surface area (Å²) in [6, 6.07) is 8.94. The lowest BCUT2D eigenvalue weighted by Crippen LogP contribution is -2.51. The van der Waals surface area contributed by atoms with Crippen molar-refractivity contribution in [1.82, 2.24) is 4.90 Å². The van der Waals surface area contributed by atoms with E-state index >= 15 is 0 Å². The van der Waals surface area contributed by atoms with Crippen LogP contribution in [0.2, 0.25) is 0 Å². The Bertz CT molecular complexity index is 569. The maximum atomic E-state index is 10.1. The van der Waals surface area contributed by atoms with Crippen LogP contribution >= 0.6 is 0 Å². The molecule has 1 saturated heterocycles. The minimum Gasteiger partial charge on any atom is -0.490 e. The van der Waals surface area contributed by atoms with E-state index in [1.165, 1.54) is 31.2 Å². The van der Waals surface area contributed by atoms with Crippen molar-refractivity contribution >= 4 is 0 Å². The van der Waals surface area contributed by atoms with E-state index in [1.54, 1.807) is 0 Å². The van der Waals surface area contributed by atoms with Crippen LogP contribution in [-0.2, 0) is 11.3 Å². The molecule has 4 rings (SSSR count). The smallest absolute Gasteiger partial charge is 0.119 e. The Morgan fingerprint density at radius 1 is 1.12 bits per heavy atom. The van der Waals surface area contributed by atoms with E-state index in [1.807, 2.05) is 7.11 Å². The molecule has 2 aliphatic carbocycles. The summed E-state index contributed by atoms with van der Waals surface area (Å²) in [6.45, 7) is 1.97. The summed E-state index contributed by atoms with van der Waals surface area (Å²) >= 11 is 0. The molecule has 4 heteroatoms. The first-order chi connectivity index (χ1) is 12.2. The highest BCUT2D eigenvalue weighted by Crippen LogP contribution is 2.43. The predicted octanol–water partition coefficient (Wildman–Crippen LogP) is 3.51. The van der Waals surface area contributed by atoms with E-state index in [9.17, 15) is 5.11 Å². The van der Waals surface area contributed by atoms with Gasteiger partial charge in [-0.3, -0.25) is 4.90 Å². The minimum absolute atomic E-state index is 0.0508. The van der Waals surface area contributed by atoms with Gasteiger partial charge >= 0.3 is 0 Å². The average Bonchev–Trinajstić information content (AvgIpc) is 3.26. The lowest BCUT2D eigenvalue weighted by Gasteiger charge is -2.42. The van der Waals surface area contributed by atoms with Crippen LogP contribution in [-0.4, -0.2) is 47.5 Å². The summed E-state index contributed by atoms with van der Waals surface area (Å²) in [5, 5.41) is 10.1. The molecule has 0 amide bonds. The molecule has 1 heterocycles. The van der Waals surface area contributed by atoms with E-state index in [0.29, 0.717) is 12.1 Å². The van der Waals surface area contributed by atoms with Gasteiger partial charge in [0.25, 0.3) is 0 Å². The number of nitrogens with zero attached hydrogens (tertiary/aromatic N) is 1. The molecule has 0 radical (unpaired) electrons. The first kappa shape index (κ1) is 17.3. The number of hydrogen-bond acceptors (Lipinski definition) is 4. The molecule has 1 aromatic carbocycles. The molecule has 25 heavy (non-hydrogen) atoms. The third-order valence-corrected chi connectivity index (χ3v) is 6.59. The summed E-state index contributed by atoms with van der Waals surface area (Å²) < 4.78 is 12.0. The number of methoxy groups -OCH3 is 1. The Labute approximate surface area is 151 Å². The summed E-state index contributed by atoms with van der Waals surface area (Å²) in [6.07, 6.45) is 8.95. The normalized spacial score (nSPS) is 33.5. The SMILES string of the molecule is CO[C@@]12CC[C@@H](O)C[C@@H]1N(Cc1ccc(OC3CCCC3)cc1)CC2. The molecule has 0 unspecified atom stereocenters. The molecule has 0 spiro atoms. The molecule has 0 bridgehead atoms. The fourth-order valence-electron chi connectivity index (χ4n) is 5.07. The molecule has 2 saturated carbocycles. The zero-order valence-electron chi connectivity index (χ0n) is 15.3. The number of likely N-dealkylation sites (tertiary alicyclic amines) is 1. The van der Waals surface area contributed by atoms with Gasteiger partial charge in [0.15, 0.2) is 0 Å². The van der Waals surface area contributed by atoms with E-state index < -0.39 is 0 Å². The lowest BCUT2D eigenvalue weighted by molar-refractivity contribution is -0.0879. The van der Waals surface area contributed by atoms with Crippen molar-refractivity contribution in [2.75, 3.05) is 13.7 Å². The van der Waals surface area contributed by atoms with E-state index in [4.69, 9.17) is 9.47 Å². The Kier molecular flexibility index (Phi) is 5.03. The van der Waals surface area contributed by atoms with Gasteiger partial charge in [0.2, 0.25) is 0 Å². The predicted molar refractivity (Wildman–Crippen MR) is 97.7 cm³/mol. The lowest BCUT2D eigenvalue weighted by atomic mass is 9.79. The van der Waals surface area contributed by atoms with Gasteiger partial charge in [-0.1, -0.05) is 12.1 Å². The van der Waals surface area contributed by atoms with Gasteiger partial charge in [0, 0.05) is 26.2 Å². The molecule has 3 aliphatic rings. The van der Waals surface area contributed by atoms with Gasteiger partial charge in [-0.15, -0.1) is 0 Å². The molecule has 4 nitrogen and oxygen atoms in total. The van der Waals surface area contributed by atoms with Gasteiger partial charge < -0.3 is 14.6 Å². The Morgan fingerprint density at radius 2 is 1.88 bits per heavy atom. The van der Waals surface area contributed by atoms with Crippen molar-refractivity contribution in [3.8, 4) is 5.75 Å². The van der Waals surface area contributed by atoms with Gasteiger partial charge in [-0.05, 0) is 69.1 Å². The van der Waals surface area contributed by atoms with Crippen molar-refractivity contribution < 1.29 is 14.6 Å². The van der Waals surface area contributed by atoms with Crippen LogP contribution in [0, 0.1) is 0 Å². The van der Waals surface area contributed by atoms with Gasteiger partial charge in [-0.25, -0.2) is 0 Å². The fraction of sp³-hybridized carbons (Fsp3) is 0.714. The average molecular weight is 345 g/mol. The summed E-state index contributed by atoms with van der Waals surface area (Å²) in [7, 11) is 1.84. The first-order valence-electron chi connectivity index (χ1n) is 9.91. The van der Waals surface area contributed by atoms with Crippen molar-refractivity contribution in [3.63, 3.8) is 0 Å². The number of ether oxygens (including phenoxy) is 2. The largest absolute Gasteiger partial charge is 0.490 e. The van der Waals surface area contributed by atoms with E-state index in [0.717, 1.165) is 44.5 Å². The van der Waals surface area contributed by atoms with E-state index in [-0.39, 0.29) is 11.7 Å². The van der Waals surface area contributed by atoms with E-state index in [2.05, 4.69) is 29.2 Å². The number of benzene rings is 1. The molecule has 1 N–H and O–H groups in total. The third-order valence-electron chi connectivity index (χ3n) is 6.59. The second kappa shape index (κ2) is 7.26. The Balaban J connectivity index is 1.39. The van der Waals surface area contributed by atoms with Crippen LogP contribution in [0.1, 0.15) is 56.9 Å². The molecule has 1 aliphatic heterocycles. The van der Waals surface area contributed by atoms with Crippen LogP contribution in [0.5, 0.6) is 5.75 Å². The maximum absolute atomic E-state index is 10.1. The summed E-state index contributed by atoms with van der Waals surface area (Å²) in [5.74, 6) is 0.997. The first-order valence-corrected chi connectivity index (χ1v) is 9.91.